The number of carbonyl (C=O) groups excluding carboxylic acids is 1. The highest BCUT2D eigenvalue weighted by Crippen LogP contribution is 2.33. The van der Waals surface area contributed by atoms with E-state index < -0.39 is 17.5 Å². The molecule has 0 aliphatic heterocycles. The van der Waals surface area contributed by atoms with Crippen molar-refractivity contribution < 1.29 is 18.7 Å². The molecule has 0 saturated heterocycles. The Hall–Kier alpha value is -3.14. The minimum absolute atomic E-state index is 0.236. The molecular weight excluding hydrogens is 481 g/mol. The van der Waals surface area contributed by atoms with Gasteiger partial charge in [-0.2, -0.15) is 0 Å². The Balaban J connectivity index is 1.75. The highest BCUT2D eigenvalue weighted by Gasteiger charge is 2.16. The SMILES string of the molecule is CNc1cc2c(Nc3ccc(Br)cc3F)ncnc2cc1OCCNC(=O)OC(C)(C)C. The standard InChI is InChI=1S/C22H25BrFN5O3/c1-22(2,3)32-21(30)26-7-8-31-19-11-17-14(10-18(19)25-4)20(28-12-27-17)29-16-6-5-13(23)9-15(16)24/h5-6,9-12,25H,7-8H2,1-4H3,(H,26,30)(H,27,28,29). The first kappa shape index (κ1) is 23.5. The Kier molecular flexibility index (Phi) is 7.34. The molecule has 1 heterocycles. The summed E-state index contributed by atoms with van der Waals surface area (Å²) in [6, 6.07) is 8.33. The van der Waals surface area contributed by atoms with Crippen molar-refractivity contribution >= 4 is 50.1 Å². The number of aromatic nitrogens is 2. The van der Waals surface area contributed by atoms with Gasteiger partial charge in [0.1, 0.15) is 35.9 Å². The smallest absolute Gasteiger partial charge is 0.407 e. The van der Waals surface area contributed by atoms with Gasteiger partial charge in [-0.05, 0) is 45.0 Å². The molecule has 10 heteroatoms. The number of rotatable bonds is 7. The van der Waals surface area contributed by atoms with Crippen molar-refractivity contribution in [2.24, 2.45) is 0 Å². The Morgan fingerprint density at radius 3 is 2.62 bits per heavy atom. The lowest BCUT2D eigenvalue weighted by molar-refractivity contribution is 0.0520. The summed E-state index contributed by atoms with van der Waals surface area (Å²) in [5.41, 5.74) is 1.05. The van der Waals surface area contributed by atoms with Gasteiger partial charge >= 0.3 is 6.09 Å². The number of fused-ring (bicyclic) bond motifs is 1. The van der Waals surface area contributed by atoms with Crippen LogP contribution in [0.25, 0.3) is 10.9 Å². The minimum Gasteiger partial charge on any atom is -0.490 e. The lowest BCUT2D eigenvalue weighted by Gasteiger charge is -2.20. The number of anilines is 3. The summed E-state index contributed by atoms with van der Waals surface area (Å²) in [7, 11) is 1.76. The third-order valence-corrected chi connectivity index (χ3v) is 4.71. The van der Waals surface area contributed by atoms with Gasteiger partial charge in [0, 0.05) is 23.0 Å². The van der Waals surface area contributed by atoms with Gasteiger partial charge in [-0.15, -0.1) is 0 Å². The molecule has 170 valence electrons. The number of nitrogens with one attached hydrogen (secondary N) is 3. The molecule has 1 aromatic heterocycles. The van der Waals surface area contributed by atoms with Crippen molar-refractivity contribution in [2.45, 2.75) is 26.4 Å². The second-order valence-corrected chi connectivity index (χ2v) is 8.78. The van der Waals surface area contributed by atoms with Crippen LogP contribution >= 0.6 is 15.9 Å². The molecule has 0 aliphatic rings. The van der Waals surface area contributed by atoms with Crippen molar-refractivity contribution in [1.82, 2.24) is 15.3 Å². The molecule has 0 fully saturated rings. The highest BCUT2D eigenvalue weighted by atomic mass is 79.9. The molecule has 3 N–H and O–H groups in total. The van der Waals surface area contributed by atoms with Crippen molar-refractivity contribution in [2.75, 3.05) is 30.8 Å². The number of benzene rings is 2. The van der Waals surface area contributed by atoms with Crippen LogP contribution in [0.1, 0.15) is 20.8 Å². The summed E-state index contributed by atoms with van der Waals surface area (Å²) in [4.78, 5) is 20.3. The molecule has 3 rings (SSSR count). The molecule has 0 spiro atoms. The maximum Gasteiger partial charge on any atom is 0.407 e. The third-order valence-electron chi connectivity index (χ3n) is 4.22. The number of carbonyl (C=O) groups is 1. The minimum atomic E-state index is -0.562. The molecule has 0 saturated carbocycles. The molecule has 0 radical (unpaired) electrons. The number of amides is 1. The summed E-state index contributed by atoms with van der Waals surface area (Å²) in [6.07, 6.45) is 0.894. The van der Waals surface area contributed by atoms with Crippen LogP contribution in [-0.2, 0) is 4.74 Å². The first-order chi connectivity index (χ1) is 15.2. The summed E-state index contributed by atoms with van der Waals surface area (Å²) < 4.78 is 25.9. The molecule has 2 aromatic carbocycles. The predicted molar refractivity (Wildman–Crippen MR) is 126 cm³/mol. The Morgan fingerprint density at radius 2 is 1.94 bits per heavy atom. The lowest BCUT2D eigenvalue weighted by atomic mass is 10.2. The largest absolute Gasteiger partial charge is 0.490 e. The van der Waals surface area contributed by atoms with Gasteiger partial charge in [-0.3, -0.25) is 0 Å². The zero-order chi connectivity index (χ0) is 23.3. The van der Waals surface area contributed by atoms with Crippen LogP contribution in [0.3, 0.4) is 0 Å². The maximum absolute atomic E-state index is 14.3. The van der Waals surface area contributed by atoms with Crippen molar-refractivity contribution in [3.63, 3.8) is 0 Å². The van der Waals surface area contributed by atoms with E-state index in [1.54, 1.807) is 46.0 Å². The van der Waals surface area contributed by atoms with E-state index in [1.807, 2.05) is 6.07 Å². The van der Waals surface area contributed by atoms with Gasteiger partial charge < -0.3 is 25.4 Å². The Labute approximate surface area is 194 Å². The monoisotopic (exact) mass is 505 g/mol. The van der Waals surface area contributed by atoms with Crippen LogP contribution in [-0.4, -0.2) is 41.9 Å². The van der Waals surface area contributed by atoms with E-state index in [-0.39, 0.29) is 13.2 Å². The number of nitrogens with zero attached hydrogens (tertiary/aromatic N) is 2. The Bertz CT molecular complexity index is 1120. The molecule has 0 aliphatic carbocycles. The molecule has 3 aromatic rings. The van der Waals surface area contributed by atoms with Crippen LogP contribution in [0.2, 0.25) is 0 Å². The molecule has 0 bridgehead atoms. The maximum atomic E-state index is 14.3. The fourth-order valence-corrected chi connectivity index (χ4v) is 3.18. The summed E-state index contributed by atoms with van der Waals surface area (Å²) >= 11 is 3.25. The summed E-state index contributed by atoms with van der Waals surface area (Å²) in [6.45, 7) is 5.91. The van der Waals surface area contributed by atoms with E-state index in [4.69, 9.17) is 9.47 Å². The van der Waals surface area contributed by atoms with Gasteiger partial charge in [0.2, 0.25) is 0 Å². The van der Waals surface area contributed by atoms with E-state index in [0.29, 0.717) is 38.3 Å². The van der Waals surface area contributed by atoms with E-state index in [1.165, 1.54) is 12.4 Å². The van der Waals surface area contributed by atoms with Crippen LogP contribution in [0.4, 0.5) is 26.4 Å². The molecule has 32 heavy (non-hydrogen) atoms. The van der Waals surface area contributed by atoms with Crippen molar-refractivity contribution in [1.29, 1.82) is 0 Å². The van der Waals surface area contributed by atoms with Gasteiger partial charge in [0.15, 0.2) is 0 Å². The van der Waals surface area contributed by atoms with Gasteiger partial charge in [0.05, 0.1) is 23.4 Å². The second-order valence-electron chi connectivity index (χ2n) is 7.86. The first-order valence-electron chi connectivity index (χ1n) is 9.94. The number of hydrogen-bond acceptors (Lipinski definition) is 7. The lowest BCUT2D eigenvalue weighted by Crippen LogP contribution is -2.34. The molecule has 0 unspecified atom stereocenters. The summed E-state index contributed by atoms with van der Waals surface area (Å²) in [5, 5.41) is 9.44. The van der Waals surface area contributed by atoms with Gasteiger partial charge in [0.25, 0.3) is 0 Å². The number of hydrogen-bond donors (Lipinski definition) is 3. The second kappa shape index (κ2) is 9.99. The van der Waals surface area contributed by atoms with Crippen LogP contribution in [0.5, 0.6) is 5.75 Å². The van der Waals surface area contributed by atoms with Gasteiger partial charge in [-0.25, -0.2) is 19.2 Å². The van der Waals surface area contributed by atoms with Crippen LogP contribution in [0, 0.1) is 5.82 Å². The highest BCUT2D eigenvalue weighted by molar-refractivity contribution is 9.10. The fraction of sp³-hybridized carbons (Fsp3) is 0.318. The average Bonchev–Trinajstić information content (AvgIpc) is 2.71. The number of halogens is 2. The molecule has 1 amide bonds. The topological polar surface area (TPSA) is 97.4 Å². The number of ether oxygens (including phenoxy) is 2. The third kappa shape index (κ3) is 6.19. The normalized spacial score (nSPS) is 11.2. The zero-order valence-electron chi connectivity index (χ0n) is 18.3. The van der Waals surface area contributed by atoms with Crippen LogP contribution < -0.4 is 20.7 Å². The quantitative estimate of drug-likeness (QED) is 0.378. The summed E-state index contributed by atoms with van der Waals surface area (Å²) in [5.74, 6) is 0.619. The fourth-order valence-electron chi connectivity index (χ4n) is 2.84. The van der Waals surface area contributed by atoms with E-state index >= 15 is 0 Å². The van der Waals surface area contributed by atoms with E-state index in [9.17, 15) is 9.18 Å². The van der Waals surface area contributed by atoms with Gasteiger partial charge in [-0.1, -0.05) is 15.9 Å². The number of alkyl carbamates (subject to hydrolysis) is 1. The average molecular weight is 506 g/mol. The molecule has 0 atom stereocenters. The van der Waals surface area contributed by atoms with E-state index in [2.05, 4.69) is 41.8 Å². The predicted octanol–water partition coefficient (Wildman–Crippen LogP) is 5.22. The molecule has 8 nitrogen and oxygen atoms in total. The Morgan fingerprint density at radius 1 is 1.16 bits per heavy atom. The van der Waals surface area contributed by atoms with Crippen molar-refractivity contribution in [3.8, 4) is 5.75 Å². The van der Waals surface area contributed by atoms with Crippen LogP contribution in [0.15, 0.2) is 41.1 Å². The zero-order valence-corrected chi connectivity index (χ0v) is 19.8. The van der Waals surface area contributed by atoms with Crippen molar-refractivity contribution in [3.05, 3.63) is 46.9 Å². The van der Waals surface area contributed by atoms with E-state index in [0.717, 1.165) is 0 Å². The first-order valence-corrected chi connectivity index (χ1v) is 10.7. The molecular formula is C22H25BrFN5O3.